The molecule has 0 spiro atoms. The van der Waals surface area contributed by atoms with Gasteiger partial charge < -0.3 is 5.32 Å². The topological polar surface area (TPSA) is 12.0 Å². The van der Waals surface area contributed by atoms with Gasteiger partial charge in [0.05, 0.1) is 0 Å². The van der Waals surface area contributed by atoms with E-state index in [0.29, 0.717) is 5.41 Å². The van der Waals surface area contributed by atoms with Crippen molar-refractivity contribution in [1.82, 2.24) is 5.32 Å². The van der Waals surface area contributed by atoms with Gasteiger partial charge in [0.1, 0.15) is 0 Å². The smallest absolute Gasteiger partial charge is 0.000760 e. The lowest BCUT2D eigenvalue weighted by molar-refractivity contribution is 0.249. The highest BCUT2D eigenvalue weighted by Gasteiger charge is 2.39. The summed E-state index contributed by atoms with van der Waals surface area (Å²) in [5, 5.41) is 3.46. The second-order valence-electron chi connectivity index (χ2n) is 4.06. The normalized spacial score (nSPS) is 23.2. The van der Waals surface area contributed by atoms with Crippen LogP contribution in [0.1, 0.15) is 40.0 Å². The summed E-state index contributed by atoms with van der Waals surface area (Å²) in [5.41, 5.74) is 0.593. The van der Waals surface area contributed by atoms with Crippen LogP contribution in [-0.2, 0) is 0 Å². The molecule has 0 aliphatic heterocycles. The standard InChI is InChI=1S/C10H21N/c1-4-10(3,8-11-5-2)9-6-7-9/h9,11H,4-8H2,1-3H3. The Kier molecular flexibility index (Phi) is 2.94. The molecule has 1 nitrogen and oxygen atoms in total. The predicted molar refractivity (Wildman–Crippen MR) is 49.7 cm³/mol. The lowest BCUT2D eigenvalue weighted by atomic mass is 9.82. The zero-order valence-electron chi connectivity index (χ0n) is 8.11. The Balaban J connectivity index is 2.31. The molecular weight excluding hydrogens is 134 g/mol. The molecule has 0 amide bonds. The zero-order chi connectivity index (χ0) is 8.32. The quantitative estimate of drug-likeness (QED) is 0.643. The molecule has 0 radical (unpaired) electrons. The number of hydrogen-bond acceptors (Lipinski definition) is 1. The van der Waals surface area contributed by atoms with Gasteiger partial charge in [-0.3, -0.25) is 0 Å². The Morgan fingerprint density at radius 3 is 2.36 bits per heavy atom. The molecule has 1 saturated carbocycles. The molecule has 0 saturated heterocycles. The van der Waals surface area contributed by atoms with Crippen molar-refractivity contribution in [2.24, 2.45) is 11.3 Å². The zero-order valence-corrected chi connectivity index (χ0v) is 8.11. The monoisotopic (exact) mass is 155 g/mol. The van der Waals surface area contributed by atoms with Crippen LogP contribution in [0.3, 0.4) is 0 Å². The van der Waals surface area contributed by atoms with Gasteiger partial charge in [-0.25, -0.2) is 0 Å². The van der Waals surface area contributed by atoms with Gasteiger partial charge in [-0.1, -0.05) is 20.8 Å². The summed E-state index contributed by atoms with van der Waals surface area (Å²) in [6, 6.07) is 0. The van der Waals surface area contributed by atoms with Crippen LogP contribution in [0.25, 0.3) is 0 Å². The van der Waals surface area contributed by atoms with Crippen molar-refractivity contribution in [2.75, 3.05) is 13.1 Å². The molecule has 1 aliphatic carbocycles. The Morgan fingerprint density at radius 1 is 1.36 bits per heavy atom. The van der Waals surface area contributed by atoms with Crippen molar-refractivity contribution in [3.8, 4) is 0 Å². The number of rotatable bonds is 5. The second-order valence-corrected chi connectivity index (χ2v) is 4.06. The molecule has 1 fully saturated rings. The van der Waals surface area contributed by atoms with E-state index in [2.05, 4.69) is 26.1 Å². The summed E-state index contributed by atoms with van der Waals surface area (Å²) in [6.07, 6.45) is 4.26. The van der Waals surface area contributed by atoms with Crippen LogP contribution >= 0.6 is 0 Å². The Morgan fingerprint density at radius 2 is 2.00 bits per heavy atom. The number of hydrogen-bond donors (Lipinski definition) is 1. The minimum atomic E-state index is 0.593. The van der Waals surface area contributed by atoms with Crippen molar-refractivity contribution in [2.45, 2.75) is 40.0 Å². The third kappa shape index (κ3) is 2.19. The fourth-order valence-electron chi connectivity index (χ4n) is 1.75. The molecule has 1 heteroatoms. The Hall–Kier alpha value is -0.0400. The highest BCUT2D eigenvalue weighted by Crippen LogP contribution is 2.46. The molecule has 1 atom stereocenters. The van der Waals surface area contributed by atoms with Crippen LogP contribution in [0.2, 0.25) is 0 Å². The molecule has 0 aromatic carbocycles. The molecule has 11 heavy (non-hydrogen) atoms. The van der Waals surface area contributed by atoms with Gasteiger partial charge in [-0.15, -0.1) is 0 Å². The first-order chi connectivity index (χ1) is 5.23. The summed E-state index contributed by atoms with van der Waals surface area (Å²) >= 11 is 0. The van der Waals surface area contributed by atoms with E-state index in [1.165, 1.54) is 25.8 Å². The maximum absolute atomic E-state index is 3.46. The molecule has 1 unspecified atom stereocenters. The molecule has 1 N–H and O–H groups in total. The van der Waals surface area contributed by atoms with E-state index >= 15 is 0 Å². The van der Waals surface area contributed by atoms with Gasteiger partial charge in [0, 0.05) is 6.54 Å². The average Bonchev–Trinajstić information content (AvgIpc) is 2.82. The van der Waals surface area contributed by atoms with Gasteiger partial charge in [-0.2, -0.15) is 0 Å². The van der Waals surface area contributed by atoms with Crippen LogP contribution in [0.5, 0.6) is 0 Å². The van der Waals surface area contributed by atoms with Crippen LogP contribution < -0.4 is 5.32 Å². The van der Waals surface area contributed by atoms with Crippen molar-refractivity contribution >= 4 is 0 Å². The highest BCUT2D eigenvalue weighted by molar-refractivity contribution is 4.91. The molecule has 1 rings (SSSR count). The molecule has 0 aromatic heterocycles. The summed E-state index contributed by atoms with van der Waals surface area (Å²) in [5.74, 6) is 1.02. The fourth-order valence-corrected chi connectivity index (χ4v) is 1.75. The van der Waals surface area contributed by atoms with Gasteiger partial charge in [-0.05, 0) is 37.1 Å². The lowest BCUT2D eigenvalue weighted by Gasteiger charge is -2.28. The van der Waals surface area contributed by atoms with Crippen LogP contribution in [-0.4, -0.2) is 13.1 Å². The summed E-state index contributed by atoms with van der Waals surface area (Å²) in [7, 11) is 0. The van der Waals surface area contributed by atoms with Crippen molar-refractivity contribution in [3.05, 3.63) is 0 Å². The van der Waals surface area contributed by atoms with E-state index < -0.39 is 0 Å². The summed E-state index contributed by atoms with van der Waals surface area (Å²) < 4.78 is 0. The SMILES string of the molecule is CCNCC(C)(CC)C1CC1. The lowest BCUT2D eigenvalue weighted by Crippen LogP contribution is -2.32. The fraction of sp³-hybridized carbons (Fsp3) is 1.00. The maximum Gasteiger partial charge on any atom is 0.000760 e. The molecular formula is C10H21N. The van der Waals surface area contributed by atoms with Crippen molar-refractivity contribution in [1.29, 1.82) is 0 Å². The first-order valence-electron chi connectivity index (χ1n) is 4.93. The second kappa shape index (κ2) is 3.57. The molecule has 66 valence electrons. The van der Waals surface area contributed by atoms with Gasteiger partial charge in [0.25, 0.3) is 0 Å². The van der Waals surface area contributed by atoms with E-state index in [4.69, 9.17) is 0 Å². The molecule has 0 heterocycles. The summed E-state index contributed by atoms with van der Waals surface area (Å²) in [6.45, 7) is 9.25. The molecule has 0 bridgehead atoms. The van der Waals surface area contributed by atoms with E-state index in [1.54, 1.807) is 0 Å². The molecule has 1 aliphatic rings. The maximum atomic E-state index is 3.46. The largest absolute Gasteiger partial charge is 0.316 e. The third-order valence-electron chi connectivity index (χ3n) is 3.15. The Labute approximate surface area is 70.6 Å². The number of nitrogens with one attached hydrogen (secondary N) is 1. The first kappa shape index (κ1) is 9.05. The van der Waals surface area contributed by atoms with E-state index in [1.807, 2.05) is 0 Å². The average molecular weight is 155 g/mol. The minimum Gasteiger partial charge on any atom is -0.316 e. The van der Waals surface area contributed by atoms with Crippen LogP contribution in [0.15, 0.2) is 0 Å². The van der Waals surface area contributed by atoms with E-state index in [0.717, 1.165) is 12.5 Å². The third-order valence-corrected chi connectivity index (χ3v) is 3.15. The highest BCUT2D eigenvalue weighted by atomic mass is 14.9. The van der Waals surface area contributed by atoms with Crippen LogP contribution in [0.4, 0.5) is 0 Å². The Bertz CT molecular complexity index is 118. The van der Waals surface area contributed by atoms with Gasteiger partial charge in [0.15, 0.2) is 0 Å². The van der Waals surface area contributed by atoms with E-state index in [9.17, 15) is 0 Å². The van der Waals surface area contributed by atoms with Crippen LogP contribution in [0, 0.1) is 11.3 Å². The van der Waals surface area contributed by atoms with Gasteiger partial charge >= 0.3 is 0 Å². The van der Waals surface area contributed by atoms with Crippen molar-refractivity contribution in [3.63, 3.8) is 0 Å². The predicted octanol–water partition coefficient (Wildman–Crippen LogP) is 2.42. The summed E-state index contributed by atoms with van der Waals surface area (Å²) in [4.78, 5) is 0. The van der Waals surface area contributed by atoms with E-state index in [-0.39, 0.29) is 0 Å². The first-order valence-corrected chi connectivity index (χ1v) is 4.93. The van der Waals surface area contributed by atoms with Gasteiger partial charge in [0.2, 0.25) is 0 Å². The molecule has 0 aromatic rings. The minimum absolute atomic E-state index is 0.593. The van der Waals surface area contributed by atoms with Crippen molar-refractivity contribution < 1.29 is 0 Å².